The van der Waals surface area contributed by atoms with Crippen molar-refractivity contribution >= 4 is 45.7 Å². The predicted molar refractivity (Wildman–Crippen MR) is 128 cm³/mol. The van der Waals surface area contributed by atoms with Gasteiger partial charge in [0.15, 0.2) is 5.82 Å². The zero-order chi connectivity index (χ0) is 23.1. The number of carbonyl (C=O) groups is 1. The molecule has 2 aliphatic rings. The summed E-state index contributed by atoms with van der Waals surface area (Å²) in [5.74, 6) is -0.266. The highest BCUT2D eigenvalue weighted by Gasteiger charge is 2.28. The number of hydrogen-bond acceptors (Lipinski definition) is 4. The molecule has 5 rings (SSSR count). The van der Waals surface area contributed by atoms with Crippen LogP contribution in [0.5, 0.6) is 0 Å². The fraction of sp³-hybridized carbons (Fsp3) is 0.375. The van der Waals surface area contributed by atoms with Crippen molar-refractivity contribution in [3.63, 3.8) is 0 Å². The Balaban J connectivity index is 1.44. The Labute approximate surface area is 201 Å². The van der Waals surface area contributed by atoms with Crippen LogP contribution < -0.4 is 5.32 Å². The van der Waals surface area contributed by atoms with Crippen molar-refractivity contribution in [1.82, 2.24) is 25.2 Å². The van der Waals surface area contributed by atoms with Crippen molar-refractivity contribution < 1.29 is 9.18 Å². The molecule has 0 radical (unpaired) electrons. The average Bonchev–Trinajstić information content (AvgIpc) is 3.49. The minimum atomic E-state index is -0.419. The van der Waals surface area contributed by atoms with Crippen LogP contribution in [0, 0.1) is 5.82 Å². The smallest absolute Gasteiger partial charge is 0.239 e. The van der Waals surface area contributed by atoms with E-state index in [2.05, 4.69) is 15.6 Å². The molecule has 1 N–H and O–H groups in total. The molecule has 172 valence electrons. The minimum Gasteiger partial charge on any atom is -0.337 e. The van der Waals surface area contributed by atoms with Gasteiger partial charge in [-0.1, -0.05) is 40.6 Å². The molecule has 1 saturated heterocycles. The summed E-state index contributed by atoms with van der Waals surface area (Å²) in [5, 5.41) is 12.6. The number of nitrogens with zero attached hydrogens (tertiary/aromatic N) is 4. The maximum Gasteiger partial charge on any atom is 0.239 e. The number of aromatic nitrogens is 3. The molecule has 0 saturated carbocycles. The zero-order valence-corrected chi connectivity index (χ0v) is 19.7. The van der Waals surface area contributed by atoms with E-state index < -0.39 is 5.82 Å². The van der Waals surface area contributed by atoms with E-state index in [0.717, 1.165) is 36.1 Å². The lowest BCUT2D eigenvalue weighted by Crippen LogP contribution is -2.45. The van der Waals surface area contributed by atoms with E-state index in [1.165, 1.54) is 6.07 Å². The molecule has 0 bridgehead atoms. The highest BCUT2D eigenvalue weighted by atomic mass is 35.5. The Morgan fingerprint density at radius 3 is 2.82 bits per heavy atom. The van der Waals surface area contributed by atoms with E-state index in [1.807, 2.05) is 30.0 Å². The third-order valence-corrected chi connectivity index (χ3v) is 7.12. The molecule has 2 aromatic carbocycles. The molecule has 2 aliphatic heterocycles. The van der Waals surface area contributed by atoms with Crippen LogP contribution in [0.25, 0.3) is 16.6 Å². The van der Waals surface area contributed by atoms with Crippen molar-refractivity contribution in [3.05, 3.63) is 63.4 Å². The van der Waals surface area contributed by atoms with Gasteiger partial charge in [0.2, 0.25) is 5.91 Å². The zero-order valence-electron chi connectivity index (χ0n) is 18.2. The first-order chi connectivity index (χ1) is 15.9. The summed E-state index contributed by atoms with van der Waals surface area (Å²) in [4.78, 5) is 14.5. The molecule has 33 heavy (non-hydrogen) atoms. The van der Waals surface area contributed by atoms with Gasteiger partial charge >= 0.3 is 0 Å². The van der Waals surface area contributed by atoms with Crippen LogP contribution in [-0.2, 0) is 4.79 Å². The highest BCUT2D eigenvalue weighted by molar-refractivity contribution is 6.35. The maximum atomic E-state index is 15.0. The largest absolute Gasteiger partial charge is 0.337 e. The van der Waals surface area contributed by atoms with Gasteiger partial charge in [0.25, 0.3) is 0 Å². The molecule has 0 aliphatic carbocycles. The van der Waals surface area contributed by atoms with Crippen molar-refractivity contribution in [3.8, 4) is 0 Å². The first kappa shape index (κ1) is 22.3. The molecule has 2 unspecified atom stereocenters. The van der Waals surface area contributed by atoms with Crippen LogP contribution in [0.4, 0.5) is 4.39 Å². The molecule has 0 spiro atoms. The number of carbonyl (C=O) groups excluding carboxylic acids is 1. The number of fused-ring (bicyclic) bond motifs is 1. The number of hydrogen-bond donors (Lipinski definition) is 1. The average molecular weight is 488 g/mol. The number of amides is 1. The lowest BCUT2D eigenvalue weighted by Gasteiger charge is -2.29. The Morgan fingerprint density at radius 2 is 2.12 bits per heavy atom. The number of rotatable bonds is 4. The summed E-state index contributed by atoms with van der Waals surface area (Å²) in [6.07, 6.45) is 4.61. The maximum absolute atomic E-state index is 15.0. The van der Waals surface area contributed by atoms with E-state index in [9.17, 15) is 9.18 Å². The number of benzene rings is 2. The van der Waals surface area contributed by atoms with Crippen molar-refractivity contribution in [2.45, 2.75) is 38.3 Å². The predicted octanol–water partition coefficient (Wildman–Crippen LogP) is 4.85. The lowest BCUT2D eigenvalue weighted by atomic mass is 9.98. The standard InChI is InChI=1S/C24H24Cl2FN5O/c1-14(18-5-4-17(25)13-19(18)26)32-22-12-16(11-20(27)23(22)29-30-32)15-6-9-31(10-7-15)24(33)21-3-2-8-28-21/h4-6,11-14,21,28H,2-3,7-10H2,1H3. The SMILES string of the molecule is CC(c1ccc(Cl)cc1Cl)n1nnc2c(F)cc(C3=CCN(C(=O)C4CCCN4)CC3)cc21. The van der Waals surface area contributed by atoms with Crippen molar-refractivity contribution in [1.29, 1.82) is 0 Å². The first-order valence-electron chi connectivity index (χ1n) is 11.1. The van der Waals surface area contributed by atoms with E-state index in [4.69, 9.17) is 23.2 Å². The van der Waals surface area contributed by atoms with Crippen LogP contribution in [0.3, 0.4) is 0 Å². The van der Waals surface area contributed by atoms with E-state index in [0.29, 0.717) is 35.1 Å². The van der Waals surface area contributed by atoms with Gasteiger partial charge in [-0.25, -0.2) is 9.07 Å². The molecule has 3 aromatic rings. The molecule has 1 amide bonds. The van der Waals surface area contributed by atoms with E-state index in [1.54, 1.807) is 16.8 Å². The van der Waals surface area contributed by atoms with Crippen LogP contribution in [-0.4, -0.2) is 51.5 Å². The molecule has 2 atom stereocenters. The summed E-state index contributed by atoms with van der Waals surface area (Å²) < 4.78 is 16.6. The van der Waals surface area contributed by atoms with Gasteiger partial charge in [-0.15, -0.1) is 5.10 Å². The van der Waals surface area contributed by atoms with Gasteiger partial charge in [0, 0.05) is 23.1 Å². The Bertz CT molecular complexity index is 1250. The minimum absolute atomic E-state index is 0.0738. The van der Waals surface area contributed by atoms with Crippen molar-refractivity contribution in [2.75, 3.05) is 19.6 Å². The van der Waals surface area contributed by atoms with Gasteiger partial charge < -0.3 is 10.2 Å². The number of halogens is 3. The molecule has 1 aromatic heterocycles. The number of nitrogens with one attached hydrogen (secondary N) is 1. The van der Waals surface area contributed by atoms with Gasteiger partial charge in [0.1, 0.15) is 5.52 Å². The molecular weight excluding hydrogens is 464 g/mol. The molecular formula is C24H24Cl2FN5O. The highest BCUT2D eigenvalue weighted by Crippen LogP contribution is 2.32. The summed E-state index contributed by atoms with van der Waals surface area (Å²) >= 11 is 12.4. The summed E-state index contributed by atoms with van der Waals surface area (Å²) in [6, 6.07) is 8.38. The second-order valence-corrected chi connectivity index (χ2v) is 9.46. The summed E-state index contributed by atoms with van der Waals surface area (Å²) in [5.41, 5.74) is 3.44. The molecule has 3 heterocycles. The van der Waals surface area contributed by atoms with Gasteiger partial charge in [-0.2, -0.15) is 0 Å². The van der Waals surface area contributed by atoms with Gasteiger partial charge in [-0.3, -0.25) is 4.79 Å². The lowest BCUT2D eigenvalue weighted by molar-refractivity contribution is -0.132. The molecule has 1 fully saturated rings. The van der Waals surface area contributed by atoms with Crippen LogP contribution in [0.15, 0.2) is 36.4 Å². The van der Waals surface area contributed by atoms with Crippen molar-refractivity contribution in [2.24, 2.45) is 0 Å². The van der Waals surface area contributed by atoms with E-state index >= 15 is 0 Å². The normalized spacial score (nSPS) is 19.7. The fourth-order valence-electron chi connectivity index (χ4n) is 4.69. The summed E-state index contributed by atoms with van der Waals surface area (Å²) in [6.45, 7) is 3.98. The second kappa shape index (κ2) is 9.05. The molecule has 6 nitrogen and oxygen atoms in total. The third-order valence-electron chi connectivity index (χ3n) is 6.56. The van der Waals surface area contributed by atoms with Crippen LogP contribution in [0.1, 0.15) is 43.4 Å². The van der Waals surface area contributed by atoms with Crippen LogP contribution in [0.2, 0.25) is 10.0 Å². The fourth-order valence-corrected chi connectivity index (χ4v) is 5.26. The Morgan fingerprint density at radius 1 is 1.27 bits per heavy atom. The summed E-state index contributed by atoms with van der Waals surface area (Å²) in [7, 11) is 0. The Kier molecular flexibility index (Phi) is 6.12. The van der Waals surface area contributed by atoms with Gasteiger partial charge in [0.05, 0.1) is 17.6 Å². The third kappa shape index (κ3) is 4.25. The van der Waals surface area contributed by atoms with E-state index in [-0.39, 0.29) is 23.5 Å². The van der Waals surface area contributed by atoms with Gasteiger partial charge in [-0.05, 0) is 73.7 Å². The monoisotopic (exact) mass is 487 g/mol. The quantitative estimate of drug-likeness (QED) is 0.570. The Hall–Kier alpha value is -2.48. The second-order valence-electron chi connectivity index (χ2n) is 8.61. The first-order valence-corrected chi connectivity index (χ1v) is 11.9. The van der Waals surface area contributed by atoms with Crippen LogP contribution >= 0.6 is 23.2 Å². The topological polar surface area (TPSA) is 63.1 Å². The molecule has 9 heteroatoms.